The van der Waals surface area contributed by atoms with Crippen molar-refractivity contribution in [2.24, 2.45) is 0 Å². The number of amides is 2. The fraction of sp³-hybridized carbons (Fsp3) is 0.458. The van der Waals surface area contributed by atoms with Crippen LogP contribution in [0.2, 0.25) is 0 Å². The van der Waals surface area contributed by atoms with Gasteiger partial charge in [0.05, 0.1) is 11.1 Å². The number of likely N-dealkylation sites (tertiary alicyclic amines) is 1. The van der Waals surface area contributed by atoms with Crippen LogP contribution in [-0.2, 0) is 6.18 Å². The van der Waals surface area contributed by atoms with Crippen LogP contribution in [0, 0.1) is 6.92 Å². The molecule has 0 spiro atoms. The van der Waals surface area contributed by atoms with Gasteiger partial charge in [-0.05, 0) is 57.1 Å². The molecule has 10 heteroatoms. The van der Waals surface area contributed by atoms with Gasteiger partial charge < -0.3 is 10.2 Å². The number of hydrogen-bond acceptors (Lipinski definition) is 4. The minimum atomic E-state index is -4.61. The third kappa shape index (κ3) is 5.16. The van der Waals surface area contributed by atoms with Gasteiger partial charge in [0.2, 0.25) is 0 Å². The molecule has 3 rings (SSSR count). The molecule has 7 nitrogen and oxygen atoms in total. The normalized spacial score (nSPS) is 16.5. The van der Waals surface area contributed by atoms with E-state index in [2.05, 4.69) is 10.2 Å². The van der Waals surface area contributed by atoms with Gasteiger partial charge in [0.1, 0.15) is 5.56 Å². The third-order valence-corrected chi connectivity index (χ3v) is 6.16. The van der Waals surface area contributed by atoms with Gasteiger partial charge in [-0.25, -0.2) is 0 Å². The number of benzene rings is 1. The van der Waals surface area contributed by atoms with Crippen molar-refractivity contribution >= 4 is 11.8 Å². The molecular weight excluding hydrogens is 449 g/mol. The van der Waals surface area contributed by atoms with Crippen molar-refractivity contribution in [2.45, 2.75) is 38.9 Å². The van der Waals surface area contributed by atoms with Crippen LogP contribution in [-0.4, -0.2) is 66.0 Å². The van der Waals surface area contributed by atoms with Gasteiger partial charge in [0.25, 0.3) is 17.4 Å². The molecule has 1 atom stereocenters. The Morgan fingerprint density at radius 3 is 2.50 bits per heavy atom. The maximum Gasteiger partial charge on any atom is 0.416 e. The summed E-state index contributed by atoms with van der Waals surface area (Å²) in [7, 11) is 3.03. The van der Waals surface area contributed by atoms with Crippen molar-refractivity contribution in [2.75, 3.05) is 33.7 Å². The number of halogens is 3. The quantitative estimate of drug-likeness (QED) is 0.693. The Bertz CT molecular complexity index is 1140. The zero-order valence-corrected chi connectivity index (χ0v) is 19.7. The number of aromatic nitrogens is 1. The molecule has 184 valence electrons. The molecule has 1 N–H and O–H groups in total. The average molecular weight is 479 g/mol. The minimum absolute atomic E-state index is 0.0585. The summed E-state index contributed by atoms with van der Waals surface area (Å²) in [4.78, 5) is 42.7. The monoisotopic (exact) mass is 478 g/mol. The molecular formula is C24H29F3N4O3. The molecule has 2 aromatic rings. The molecule has 1 aromatic heterocycles. The van der Waals surface area contributed by atoms with Crippen molar-refractivity contribution in [3.05, 3.63) is 63.1 Å². The molecule has 0 saturated carbocycles. The van der Waals surface area contributed by atoms with Gasteiger partial charge in [-0.1, -0.05) is 13.0 Å². The van der Waals surface area contributed by atoms with E-state index in [0.29, 0.717) is 6.54 Å². The lowest BCUT2D eigenvalue weighted by molar-refractivity contribution is -0.137. The van der Waals surface area contributed by atoms with Crippen LogP contribution < -0.4 is 10.9 Å². The molecule has 1 aliphatic rings. The lowest BCUT2D eigenvalue weighted by atomic mass is 10.1. The number of hydrogen-bond donors (Lipinski definition) is 1. The van der Waals surface area contributed by atoms with Crippen LogP contribution in [0.25, 0.3) is 5.69 Å². The SMILES string of the molecule is CCN1CCC[C@@H]1CNC(=O)c1cc(C(=O)N(C)C)c(C)n(-c2cccc(C(F)(F)F)c2)c1=O. The number of carbonyl (C=O) groups is 2. The summed E-state index contributed by atoms with van der Waals surface area (Å²) in [6.45, 7) is 5.62. The molecule has 1 aromatic carbocycles. The first-order valence-electron chi connectivity index (χ1n) is 11.1. The Hall–Kier alpha value is -3.14. The van der Waals surface area contributed by atoms with Crippen LogP contribution in [0.4, 0.5) is 13.2 Å². The highest BCUT2D eigenvalue weighted by Crippen LogP contribution is 2.30. The Balaban J connectivity index is 2.09. The molecule has 1 fully saturated rings. The molecule has 2 heterocycles. The lowest BCUT2D eigenvalue weighted by Crippen LogP contribution is -2.42. The second-order valence-corrected chi connectivity index (χ2v) is 8.58. The topological polar surface area (TPSA) is 74.7 Å². The molecule has 1 aliphatic heterocycles. The van der Waals surface area contributed by atoms with Gasteiger partial charge in [-0.15, -0.1) is 0 Å². The van der Waals surface area contributed by atoms with Gasteiger partial charge in [0.15, 0.2) is 0 Å². The lowest BCUT2D eigenvalue weighted by Gasteiger charge is -2.23. The number of rotatable bonds is 6. The Morgan fingerprint density at radius 1 is 1.18 bits per heavy atom. The van der Waals surface area contributed by atoms with Crippen LogP contribution in [0.15, 0.2) is 35.1 Å². The van der Waals surface area contributed by atoms with E-state index in [1.165, 1.54) is 44.1 Å². The highest BCUT2D eigenvalue weighted by molar-refractivity contribution is 6.00. The minimum Gasteiger partial charge on any atom is -0.350 e. The maximum absolute atomic E-state index is 13.3. The van der Waals surface area contributed by atoms with Crippen molar-refractivity contribution < 1.29 is 22.8 Å². The van der Waals surface area contributed by atoms with Crippen molar-refractivity contribution in [1.29, 1.82) is 0 Å². The first kappa shape index (κ1) is 25.5. The van der Waals surface area contributed by atoms with E-state index >= 15 is 0 Å². The summed E-state index contributed by atoms with van der Waals surface area (Å²) in [6, 6.07) is 5.63. The van der Waals surface area contributed by atoms with E-state index in [9.17, 15) is 27.6 Å². The Kier molecular flexibility index (Phi) is 7.50. The van der Waals surface area contributed by atoms with Crippen molar-refractivity contribution in [1.82, 2.24) is 19.7 Å². The van der Waals surface area contributed by atoms with Crippen LogP contribution in [0.5, 0.6) is 0 Å². The van der Waals surface area contributed by atoms with E-state index in [4.69, 9.17) is 0 Å². The van der Waals surface area contributed by atoms with Crippen LogP contribution in [0.3, 0.4) is 0 Å². The third-order valence-electron chi connectivity index (χ3n) is 6.16. The second kappa shape index (κ2) is 10.0. The van der Waals surface area contributed by atoms with Crippen molar-refractivity contribution in [3.63, 3.8) is 0 Å². The van der Waals surface area contributed by atoms with Crippen LogP contribution in [0.1, 0.15) is 51.7 Å². The summed E-state index contributed by atoms with van der Waals surface area (Å²) in [5.74, 6) is -1.14. The zero-order valence-electron chi connectivity index (χ0n) is 19.7. The molecule has 0 aliphatic carbocycles. The number of alkyl halides is 3. The number of pyridine rings is 1. The standard InChI is InChI=1S/C24H29F3N4O3/c1-5-30-11-7-10-18(30)14-28-21(32)20-13-19(22(33)29(3)4)15(2)31(23(20)34)17-9-6-8-16(12-17)24(25,26)27/h6,8-9,12-13,18H,5,7,10-11,14H2,1-4H3,(H,28,32)/t18-/m1/s1. The largest absolute Gasteiger partial charge is 0.416 e. The van der Waals surface area contributed by atoms with E-state index in [1.807, 2.05) is 6.92 Å². The highest BCUT2D eigenvalue weighted by atomic mass is 19.4. The van der Waals surface area contributed by atoms with Gasteiger partial charge in [-0.3, -0.25) is 23.9 Å². The predicted molar refractivity (Wildman–Crippen MR) is 122 cm³/mol. The zero-order chi connectivity index (χ0) is 25.2. The van der Waals surface area contributed by atoms with Crippen LogP contribution >= 0.6 is 0 Å². The van der Waals surface area contributed by atoms with Gasteiger partial charge in [-0.2, -0.15) is 13.2 Å². The number of likely N-dealkylation sites (N-methyl/N-ethyl adjacent to an activating group) is 1. The summed E-state index contributed by atoms with van der Waals surface area (Å²) < 4.78 is 40.9. The van der Waals surface area contributed by atoms with Gasteiger partial charge in [0, 0.05) is 38.1 Å². The summed E-state index contributed by atoms with van der Waals surface area (Å²) >= 11 is 0. The van der Waals surface area contributed by atoms with Gasteiger partial charge >= 0.3 is 6.18 Å². The van der Waals surface area contributed by atoms with E-state index in [1.54, 1.807) is 0 Å². The fourth-order valence-electron chi connectivity index (χ4n) is 4.30. The maximum atomic E-state index is 13.3. The first-order chi connectivity index (χ1) is 16.0. The summed E-state index contributed by atoms with van der Waals surface area (Å²) in [6.07, 6.45) is -2.68. The smallest absolute Gasteiger partial charge is 0.350 e. The molecule has 0 unspecified atom stereocenters. The Labute approximate surface area is 196 Å². The first-order valence-corrected chi connectivity index (χ1v) is 11.1. The number of nitrogens with one attached hydrogen (secondary N) is 1. The van der Waals surface area contributed by atoms with E-state index < -0.39 is 29.1 Å². The fourth-order valence-corrected chi connectivity index (χ4v) is 4.30. The molecule has 34 heavy (non-hydrogen) atoms. The van der Waals surface area contributed by atoms with E-state index in [-0.39, 0.29) is 28.6 Å². The molecule has 0 bridgehead atoms. The second-order valence-electron chi connectivity index (χ2n) is 8.58. The highest BCUT2D eigenvalue weighted by Gasteiger charge is 2.31. The summed E-state index contributed by atoms with van der Waals surface area (Å²) in [5, 5.41) is 2.78. The number of carbonyl (C=O) groups excluding carboxylic acids is 2. The molecule has 2 amide bonds. The average Bonchev–Trinajstić information content (AvgIpc) is 3.24. The summed E-state index contributed by atoms with van der Waals surface area (Å²) in [5.41, 5.74) is -1.89. The Morgan fingerprint density at radius 2 is 1.88 bits per heavy atom. The predicted octanol–water partition coefficient (Wildman–Crippen LogP) is 3.08. The van der Waals surface area contributed by atoms with Crippen molar-refractivity contribution in [3.8, 4) is 5.69 Å². The molecule has 1 saturated heterocycles. The molecule has 0 radical (unpaired) electrons. The van der Waals surface area contributed by atoms with E-state index in [0.717, 1.165) is 42.6 Å². The number of nitrogens with zero attached hydrogens (tertiary/aromatic N) is 3.